The molecule has 2 aliphatic carbocycles. The molecule has 2 aliphatic rings. The third-order valence-corrected chi connectivity index (χ3v) is 8.99. The molecular weight excluding hydrogens is 444 g/mol. The molecule has 172 valence electrons. The van der Waals surface area contributed by atoms with E-state index in [0.717, 1.165) is 17.7 Å². The van der Waals surface area contributed by atoms with Crippen molar-refractivity contribution in [3.8, 4) is 5.75 Å². The minimum Gasteiger partial charge on any atom is -0.494 e. The number of amides is 1. The molecular formula is C24H30N2O4S2. The van der Waals surface area contributed by atoms with E-state index in [1.54, 1.807) is 60.3 Å². The Morgan fingerprint density at radius 3 is 2.38 bits per heavy atom. The molecule has 2 bridgehead atoms. The van der Waals surface area contributed by atoms with Crippen molar-refractivity contribution in [2.45, 2.75) is 48.4 Å². The summed E-state index contributed by atoms with van der Waals surface area (Å²) in [5.41, 5.74) is 0.436. The predicted molar refractivity (Wildman–Crippen MR) is 128 cm³/mol. The smallest absolute Gasteiger partial charge is 0.264 e. The third-order valence-electron chi connectivity index (χ3n) is 6.45. The quantitative estimate of drug-likeness (QED) is 0.548. The lowest BCUT2D eigenvalue weighted by Crippen LogP contribution is -2.45. The number of ether oxygens (including phenoxy) is 1. The molecule has 2 fully saturated rings. The maximum absolute atomic E-state index is 13.6. The van der Waals surface area contributed by atoms with Crippen molar-refractivity contribution in [1.29, 1.82) is 0 Å². The van der Waals surface area contributed by atoms with E-state index in [0.29, 0.717) is 29.9 Å². The van der Waals surface area contributed by atoms with E-state index in [-0.39, 0.29) is 23.4 Å². The number of fused-ring (bicyclic) bond motifs is 2. The Bertz CT molecular complexity index is 1040. The zero-order valence-electron chi connectivity index (χ0n) is 18.5. The molecule has 0 unspecified atom stereocenters. The number of carbonyl (C=O) groups is 1. The number of rotatable bonds is 9. The number of sulfonamides is 1. The van der Waals surface area contributed by atoms with Crippen LogP contribution in [-0.2, 0) is 14.8 Å². The van der Waals surface area contributed by atoms with E-state index < -0.39 is 10.0 Å². The van der Waals surface area contributed by atoms with Crippen molar-refractivity contribution in [1.82, 2.24) is 5.32 Å². The van der Waals surface area contributed by atoms with Crippen molar-refractivity contribution in [2.75, 3.05) is 23.7 Å². The molecule has 2 aromatic carbocycles. The number of carbonyl (C=O) groups excluding carboxylic acids is 1. The number of benzene rings is 2. The van der Waals surface area contributed by atoms with E-state index in [1.807, 2.05) is 13.2 Å². The van der Waals surface area contributed by atoms with Crippen LogP contribution in [0.15, 0.2) is 58.3 Å². The summed E-state index contributed by atoms with van der Waals surface area (Å²) in [5, 5.41) is 3.11. The molecule has 0 aromatic heterocycles. The second-order valence-electron chi connectivity index (χ2n) is 8.46. The molecule has 8 heteroatoms. The average Bonchev–Trinajstić information content (AvgIpc) is 3.42. The predicted octanol–water partition coefficient (Wildman–Crippen LogP) is 4.31. The summed E-state index contributed by atoms with van der Waals surface area (Å²) >= 11 is 1.55. The van der Waals surface area contributed by atoms with Crippen molar-refractivity contribution in [2.24, 2.45) is 11.8 Å². The van der Waals surface area contributed by atoms with Crippen LogP contribution in [-0.4, -0.2) is 39.8 Å². The van der Waals surface area contributed by atoms with Crippen molar-refractivity contribution in [3.05, 3.63) is 48.5 Å². The van der Waals surface area contributed by atoms with Gasteiger partial charge in [-0.15, -0.1) is 11.8 Å². The van der Waals surface area contributed by atoms with Gasteiger partial charge in [0.1, 0.15) is 12.3 Å². The minimum atomic E-state index is -3.92. The SMILES string of the molecule is CCOc1ccc(N(CC(=O)N[C@@H]2C[C@H]3CC[C@H]2C3)S(=O)(=O)c2ccc(SC)cc2)cc1. The lowest BCUT2D eigenvalue weighted by atomic mass is 9.95. The first-order valence-electron chi connectivity index (χ1n) is 11.1. The Morgan fingerprint density at radius 1 is 1.09 bits per heavy atom. The van der Waals surface area contributed by atoms with Crippen molar-refractivity contribution < 1.29 is 17.9 Å². The second kappa shape index (κ2) is 9.75. The number of nitrogens with one attached hydrogen (secondary N) is 1. The van der Waals surface area contributed by atoms with Crippen LogP contribution in [0.1, 0.15) is 32.6 Å². The van der Waals surface area contributed by atoms with E-state index >= 15 is 0 Å². The van der Waals surface area contributed by atoms with E-state index in [4.69, 9.17) is 4.74 Å². The first kappa shape index (κ1) is 23.0. The maximum Gasteiger partial charge on any atom is 0.264 e. The van der Waals surface area contributed by atoms with Crippen LogP contribution in [0.3, 0.4) is 0 Å². The highest BCUT2D eigenvalue weighted by atomic mass is 32.2. The zero-order valence-corrected chi connectivity index (χ0v) is 20.1. The van der Waals surface area contributed by atoms with Gasteiger partial charge in [0.2, 0.25) is 5.91 Å². The highest BCUT2D eigenvalue weighted by molar-refractivity contribution is 7.98. The van der Waals surface area contributed by atoms with Gasteiger partial charge in [-0.3, -0.25) is 9.10 Å². The van der Waals surface area contributed by atoms with Gasteiger partial charge >= 0.3 is 0 Å². The monoisotopic (exact) mass is 474 g/mol. The summed E-state index contributed by atoms with van der Waals surface area (Å²) in [6.07, 6.45) is 6.51. The molecule has 0 radical (unpaired) electrons. The number of thioether (sulfide) groups is 1. The van der Waals surface area contributed by atoms with Gasteiger partial charge in [-0.2, -0.15) is 0 Å². The van der Waals surface area contributed by atoms with Gasteiger partial charge in [0.25, 0.3) is 10.0 Å². The van der Waals surface area contributed by atoms with Crippen molar-refractivity contribution >= 4 is 33.4 Å². The zero-order chi connectivity index (χ0) is 22.7. The Kier molecular flexibility index (Phi) is 7.00. The molecule has 0 spiro atoms. The van der Waals surface area contributed by atoms with Crippen LogP contribution in [0.2, 0.25) is 0 Å². The molecule has 3 atom stereocenters. The summed E-state index contributed by atoms with van der Waals surface area (Å²) in [4.78, 5) is 14.1. The fraction of sp³-hybridized carbons (Fsp3) is 0.458. The molecule has 4 rings (SSSR count). The van der Waals surface area contributed by atoms with Gasteiger partial charge in [0.05, 0.1) is 17.2 Å². The largest absolute Gasteiger partial charge is 0.494 e. The third kappa shape index (κ3) is 4.91. The molecule has 6 nitrogen and oxygen atoms in total. The molecule has 2 aromatic rings. The van der Waals surface area contributed by atoms with Gasteiger partial charge < -0.3 is 10.1 Å². The molecule has 32 heavy (non-hydrogen) atoms. The minimum absolute atomic E-state index is 0.159. The topological polar surface area (TPSA) is 75.7 Å². The van der Waals surface area contributed by atoms with Crippen LogP contribution < -0.4 is 14.4 Å². The van der Waals surface area contributed by atoms with Gasteiger partial charge in [-0.25, -0.2) is 8.42 Å². The summed E-state index contributed by atoms with van der Waals surface area (Å²) in [5.74, 6) is 1.62. The first-order valence-corrected chi connectivity index (χ1v) is 13.8. The Labute approximate surface area is 194 Å². The molecule has 0 heterocycles. The Morgan fingerprint density at radius 2 is 1.81 bits per heavy atom. The van der Waals surface area contributed by atoms with Crippen LogP contribution in [0.4, 0.5) is 5.69 Å². The van der Waals surface area contributed by atoms with E-state index in [1.165, 1.54) is 17.1 Å². The Hall–Kier alpha value is -2.19. The summed E-state index contributed by atoms with van der Waals surface area (Å²) in [7, 11) is -3.92. The molecule has 1 amide bonds. The molecule has 0 saturated heterocycles. The number of anilines is 1. The standard InChI is InChI=1S/C24H30N2O4S2/c1-3-30-20-8-6-19(7-9-20)26(32(28,29)22-12-10-21(31-2)11-13-22)16-24(27)25-23-15-17-4-5-18(23)14-17/h6-13,17-18,23H,3-5,14-16H2,1-2H3,(H,25,27)/t17-,18-,23+/m0/s1. The van der Waals surface area contributed by atoms with Crippen LogP contribution >= 0.6 is 11.8 Å². The normalized spacial score (nSPS) is 22.0. The maximum atomic E-state index is 13.6. The molecule has 1 N–H and O–H groups in total. The Balaban J connectivity index is 1.58. The molecule has 2 saturated carbocycles. The fourth-order valence-electron chi connectivity index (χ4n) is 4.87. The van der Waals surface area contributed by atoms with Gasteiger partial charge in [0.15, 0.2) is 0 Å². The summed E-state index contributed by atoms with van der Waals surface area (Å²) < 4.78 is 33.8. The van der Waals surface area contributed by atoms with Crippen LogP contribution in [0.25, 0.3) is 0 Å². The average molecular weight is 475 g/mol. The van der Waals surface area contributed by atoms with Crippen LogP contribution in [0, 0.1) is 11.8 Å². The fourth-order valence-corrected chi connectivity index (χ4v) is 6.70. The highest BCUT2D eigenvalue weighted by Crippen LogP contribution is 2.44. The number of nitrogens with zero attached hydrogens (tertiary/aromatic N) is 1. The van der Waals surface area contributed by atoms with Gasteiger partial charge in [-0.05, 0) is 92.8 Å². The van der Waals surface area contributed by atoms with Gasteiger partial charge in [-0.1, -0.05) is 6.42 Å². The second-order valence-corrected chi connectivity index (χ2v) is 11.2. The molecule has 0 aliphatic heterocycles. The lowest BCUT2D eigenvalue weighted by molar-refractivity contribution is -0.120. The van der Waals surface area contributed by atoms with E-state index in [9.17, 15) is 13.2 Å². The van der Waals surface area contributed by atoms with Gasteiger partial charge in [0, 0.05) is 10.9 Å². The number of hydrogen-bond acceptors (Lipinski definition) is 5. The van der Waals surface area contributed by atoms with E-state index in [2.05, 4.69) is 5.32 Å². The summed E-state index contributed by atoms with van der Waals surface area (Å²) in [6, 6.07) is 13.7. The lowest BCUT2D eigenvalue weighted by Gasteiger charge is -2.27. The highest BCUT2D eigenvalue weighted by Gasteiger charge is 2.40. The van der Waals surface area contributed by atoms with Crippen LogP contribution in [0.5, 0.6) is 5.75 Å². The van der Waals surface area contributed by atoms with Crippen molar-refractivity contribution in [3.63, 3.8) is 0 Å². The first-order chi connectivity index (χ1) is 15.4. The number of hydrogen-bond donors (Lipinski definition) is 1. The summed E-state index contributed by atoms with van der Waals surface area (Å²) in [6.45, 7) is 2.16.